The predicted octanol–water partition coefficient (Wildman–Crippen LogP) is 3.56. The van der Waals surface area contributed by atoms with Crippen molar-refractivity contribution in [1.29, 1.82) is 0 Å². The summed E-state index contributed by atoms with van der Waals surface area (Å²) in [7, 11) is 0. The Balaban J connectivity index is 2.12. The zero-order valence-corrected chi connectivity index (χ0v) is 11.2. The molecule has 0 aliphatic heterocycles. The molecule has 2 heteroatoms. The molecule has 1 N–H and O–H groups in total. The first-order chi connectivity index (χ1) is 7.00. The van der Waals surface area contributed by atoms with Crippen LogP contribution >= 0.6 is 11.3 Å². The van der Waals surface area contributed by atoms with Gasteiger partial charge < -0.3 is 5.32 Å². The Hall–Kier alpha value is -0.340. The minimum absolute atomic E-state index is 0.412. The van der Waals surface area contributed by atoms with Gasteiger partial charge in [-0.2, -0.15) is 11.3 Å². The molecule has 15 heavy (non-hydrogen) atoms. The Morgan fingerprint density at radius 3 is 2.67 bits per heavy atom. The third-order valence-corrected chi connectivity index (χ3v) is 3.83. The van der Waals surface area contributed by atoms with Gasteiger partial charge in [0.2, 0.25) is 0 Å². The summed E-state index contributed by atoms with van der Waals surface area (Å²) in [5.41, 5.74) is 1.87. The number of hydrogen-bond acceptors (Lipinski definition) is 2. The van der Waals surface area contributed by atoms with Crippen LogP contribution < -0.4 is 5.32 Å². The van der Waals surface area contributed by atoms with Crippen LogP contribution in [0, 0.1) is 11.3 Å². The summed E-state index contributed by atoms with van der Waals surface area (Å²) in [6.07, 6.45) is 1.15. The molecule has 0 aliphatic rings. The van der Waals surface area contributed by atoms with Gasteiger partial charge >= 0.3 is 0 Å². The molecule has 0 fully saturated rings. The highest BCUT2D eigenvalue weighted by molar-refractivity contribution is 7.07. The Kier molecular flexibility index (Phi) is 4.81. The van der Waals surface area contributed by atoms with Crippen molar-refractivity contribution in [3.05, 3.63) is 22.4 Å². The third-order valence-electron chi connectivity index (χ3n) is 3.10. The van der Waals surface area contributed by atoms with E-state index in [-0.39, 0.29) is 0 Å². The average molecular weight is 225 g/mol. The van der Waals surface area contributed by atoms with Crippen LogP contribution in [0.5, 0.6) is 0 Å². The molecule has 0 bridgehead atoms. The van der Waals surface area contributed by atoms with Crippen LogP contribution in [-0.2, 0) is 6.42 Å². The number of nitrogens with one attached hydrogen (secondary N) is 1. The van der Waals surface area contributed by atoms with Crippen LogP contribution in [0.15, 0.2) is 16.8 Å². The van der Waals surface area contributed by atoms with Gasteiger partial charge in [-0.3, -0.25) is 0 Å². The lowest BCUT2D eigenvalue weighted by molar-refractivity contribution is 0.253. The summed E-state index contributed by atoms with van der Waals surface area (Å²) in [5, 5.41) is 7.91. The lowest BCUT2D eigenvalue weighted by atomic mass is 9.82. The Morgan fingerprint density at radius 2 is 2.13 bits per heavy atom. The van der Waals surface area contributed by atoms with Gasteiger partial charge in [0, 0.05) is 0 Å². The maximum atomic E-state index is 3.53. The summed E-state index contributed by atoms with van der Waals surface area (Å²) in [4.78, 5) is 0. The summed E-state index contributed by atoms with van der Waals surface area (Å²) < 4.78 is 0. The van der Waals surface area contributed by atoms with E-state index in [1.54, 1.807) is 11.3 Å². The van der Waals surface area contributed by atoms with Gasteiger partial charge in [0.25, 0.3) is 0 Å². The number of hydrogen-bond donors (Lipinski definition) is 1. The lowest BCUT2D eigenvalue weighted by Crippen LogP contribution is -2.30. The maximum absolute atomic E-state index is 3.53. The molecule has 1 nitrogen and oxygen atoms in total. The maximum Gasteiger partial charge on any atom is -0.000794 e. The molecule has 1 unspecified atom stereocenters. The minimum atomic E-state index is 0.412. The van der Waals surface area contributed by atoms with Gasteiger partial charge in [-0.15, -0.1) is 0 Å². The fraction of sp³-hybridized carbons (Fsp3) is 0.692. The molecule has 1 rings (SSSR count). The van der Waals surface area contributed by atoms with Gasteiger partial charge in [0.05, 0.1) is 0 Å². The minimum Gasteiger partial charge on any atom is -0.316 e. The van der Waals surface area contributed by atoms with E-state index >= 15 is 0 Å². The van der Waals surface area contributed by atoms with Crippen molar-refractivity contribution in [3.8, 4) is 0 Å². The van der Waals surface area contributed by atoms with E-state index in [0.29, 0.717) is 5.41 Å². The highest BCUT2D eigenvalue weighted by Gasteiger charge is 2.18. The van der Waals surface area contributed by atoms with Crippen LogP contribution in [0.25, 0.3) is 0 Å². The molecule has 1 heterocycles. The highest BCUT2D eigenvalue weighted by Crippen LogP contribution is 2.24. The van der Waals surface area contributed by atoms with E-state index in [2.05, 4.69) is 49.8 Å². The Morgan fingerprint density at radius 1 is 1.40 bits per heavy atom. The zero-order valence-electron chi connectivity index (χ0n) is 10.3. The quantitative estimate of drug-likeness (QED) is 0.756. The van der Waals surface area contributed by atoms with Crippen molar-refractivity contribution >= 4 is 11.3 Å². The molecule has 1 aromatic rings. The normalized spacial score (nSPS) is 14.1. The fourth-order valence-corrected chi connectivity index (χ4v) is 2.00. The van der Waals surface area contributed by atoms with Gasteiger partial charge in [-0.25, -0.2) is 0 Å². The second kappa shape index (κ2) is 5.66. The van der Waals surface area contributed by atoms with E-state index in [4.69, 9.17) is 0 Å². The van der Waals surface area contributed by atoms with Gasteiger partial charge in [-0.05, 0) is 53.2 Å². The molecule has 0 amide bonds. The van der Waals surface area contributed by atoms with Gasteiger partial charge in [-0.1, -0.05) is 27.7 Å². The van der Waals surface area contributed by atoms with Crippen molar-refractivity contribution in [2.24, 2.45) is 11.3 Å². The van der Waals surface area contributed by atoms with Crippen molar-refractivity contribution in [2.75, 3.05) is 13.1 Å². The first-order valence-corrected chi connectivity index (χ1v) is 6.66. The highest BCUT2D eigenvalue weighted by atomic mass is 32.1. The van der Waals surface area contributed by atoms with Crippen molar-refractivity contribution < 1.29 is 0 Å². The molecule has 0 radical (unpaired) electrons. The molecule has 86 valence electrons. The molecular weight excluding hydrogens is 202 g/mol. The van der Waals surface area contributed by atoms with E-state index < -0.39 is 0 Å². The molecule has 1 atom stereocenters. The van der Waals surface area contributed by atoms with Crippen LogP contribution in [0.1, 0.15) is 33.3 Å². The van der Waals surface area contributed by atoms with Crippen molar-refractivity contribution in [2.45, 2.75) is 34.1 Å². The number of thiophene rings is 1. The SMILES string of the molecule is CC(CNCCc1ccsc1)C(C)(C)C. The molecule has 0 saturated carbocycles. The summed E-state index contributed by atoms with van der Waals surface area (Å²) in [6.45, 7) is 11.4. The van der Waals surface area contributed by atoms with E-state index in [9.17, 15) is 0 Å². The smallest absolute Gasteiger partial charge is 0.000794 e. The fourth-order valence-electron chi connectivity index (χ4n) is 1.29. The monoisotopic (exact) mass is 225 g/mol. The largest absolute Gasteiger partial charge is 0.316 e. The van der Waals surface area contributed by atoms with Gasteiger partial charge in [0.1, 0.15) is 0 Å². The van der Waals surface area contributed by atoms with Crippen LogP contribution in [0.2, 0.25) is 0 Å². The van der Waals surface area contributed by atoms with E-state index in [1.807, 2.05) is 0 Å². The van der Waals surface area contributed by atoms with Crippen LogP contribution in [0.3, 0.4) is 0 Å². The summed E-state index contributed by atoms with van der Waals surface area (Å²) in [6, 6.07) is 2.21. The topological polar surface area (TPSA) is 12.0 Å². The van der Waals surface area contributed by atoms with Gasteiger partial charge in [0.15, 0.2) is 0 Å². The Labute approximate surface area is 97.9 Å². The number of rotatable bonds is 5. The van der Waals surface area contributed by atoms with E-state index in [1.165, 1.54) is 5.56 Å². The van der Waals surface area contributed by atoms with E-state index in [0.717, 1.165) is 25.4 Å². The van der Waals surface area contributed by atoms with Crippen LogP contribution in [-0.4, -0.2) is 13.1 Å². The molecule has 0 saturated heterocycles. The first-order valence-electron chi connectivity index (χ1n) is 5.72. The predicted molar refractivity (Wildman–Crippen MR) is 69.5 cm³/mol. The van der Waals surface area contributed by atoms with Crippen molar-refractivity contribution in [3.63, 3.8) is 0 Å². The third kappa shape index (κ3) is 4.80. The van der Waals surface area contributed by atoms with Crippen molar-refractivity contribution in [1.82, 2.24) is 5.32 Å². The molecule has 1 aromatic heterocycles. The molecule has 0 aromatic carbocycles. The first kappa shape index (κ1) is 12.7. The lowest BCUT2D eigenvalue weighted by Gasteiger charge is -2.27. The second-order valence-corrected chi connectivity index (χ2v) is 6.13. The molecular formula is C13H23NS. The summed E-state index contributed by atoms with van der Waals surface area (Å²) >= 11 is 1.78. The van der Waals surface area contributed by atoms with Crippen LogP contribution in [0.4, 0.5) is 0 Å². The molecule has 0 aliphatic carbocycles. The second-order valence-electron chi connectivity index (χ2n) is 5.35. The standard InChI is InChI=1S/C13H23NS/c1-11(13(2,3)4)9-14-7-5-12-6-8-15-10-12/h6,8,10-11,14H,5,7,9H2,1-4H3. The molecule has 0 spiro atoms. The summed E-state index contributed by atoms with van der Waals surface area (Å²) in [5.74, 6) is 0.722. The average Bonchev–Trinajstić information content (AvgIpc) is 2.63. The zero-order chi connectivity index (χ0) is 11.3. The Bertz CT molecular complexity index is 259.